The molecule has 0 aromatic carbocycles. The molecule has 0 saturated heterocycles. The standard InChI is InChI=1S/C13H15F2N3O2/c14-11(15)9-18(5-6-19)13(20)7-10-8-17-4-2-1-3-12(17)16-10/h1-4,8,11,19H,5-7,9H2. The Kier molecular flexibility index (Phi) is 4.62. The Balaban J connectivity index is 2.08. The monoisotopic (exact) mass is 283 g/mol. The maximum Gasteiger partial charge on any atom is 0.255 e. The molecule has 0 aliphatic heterocycles. The van der Waals surface area contributed by atoms with E-state index in [1.165, 1.54) is 0 Å². The highest BCUT2D eigenvalue weighted by Gasteiger charge is 2.19. The Morgan fingerprint density at radius 1 is 1.45 bits per heavy atom. The van der Waals surface area contributed by atoms with Crippen LogP contribution >= 0.6 is 0 Å². The number of pyridine rings is 1. The van der Waals surface area contributed by atoms with E-state index < -0.39 is 18.9 Å². The van der Waals surface area contributed by atoms with E-state index in [-0.39, 0.29) is 19.6 Å². The lowest BCUT2D eigenvalue weighted by Gasteiger charge is -2.20. The van der Waals surface area contributed by atoms with E-state index in [1.54, 1.807) is 22.9 Å². The number of aromatic nitrogens is 2. The molecule has 2 aromatic heterocycles. The zero-order valence-corrected chi connectivity index (χ0v) is 10.7. The SMILES string of the molecule is O=C(Cc1cn2ccccc2n1)N(CCO)CC(F)F. The van der Waals surface area contributed by atoms with Crippen LogP contribution in [0.4, 0.5) is 8.78 Å². The van der Waals surface area contributed by atoms with Crippen molar-refractivity contribution in [1.82, 2.24) is 14.3 Å². The minimum atomic E-state index is -2.62. The summed E-state index contributed by atoms with van der Waals surface area (Å²) >= 11 is 0. The second-order valence-electron chi connectivity index (χ2n) is 4.33. The third kappa shape index (κ3) is 3.51. The number of aliphatic hydroxyl groups is 1. The number of imidazole rings is 1. The van der Waals surface area contributed by atoms with E-state index in [2.05, 4.69) is 4.98 Å². The van der Waals surface area contributed by atoms with Gasteiger partial charge < -0.3 is 14.4 Å². The van der Waals surface area contributed by atoms with Crippen molar-refractivity contribution in [1.29, 1.82) is 0 Å². The fourth-order valence-electron chi connectivity index (χ4n) is 1.94. The maximum absolute atomic E-state index is 12.4. The van der Waals surface area contributed by atoms with Gasteiger partial charge in [0.2, 0.25) is 5.91 Å². The first-order valence-corrected chi connectivity index (χ1v) is 6.19. The highest BCUT2D eigenvalue weighted by Crippen LogP contribution is 2.07. The molecule has 7 heteroatoms. The average molecular weight is 283 g/mol. The number of alkyl halides is 2. The number of halogens is 2. The van der Waals surface area contributed by atoms with Gasteiger partial charge in [-0.1, -0.05) is 6.07 Å². The maximum atomic E-state index is 12.4. The van der Waals surface area contributed by atoms with Crippen LogP contribution in [0.3, 0.4) is 0 Å². The number of carbonyl (C=O) groups is 1. The zero-order chi connectivity index (χ0) is 14.5. The largest absolute Gasteiger partial charge is 0.395 e. The second-order valence-corrected chi connectivity index (χ2v) is 4.33. The lowest BCUT2D eigenvalue weighted by Crippen LogP contribution is -2.38. The fourth-order valence-corrected chi connectivity index (χ4v) is 1.94. The molecule has 2 heterocycles. The van der Waals surface area contributed by atoms with Gasteiger partial charge in [0.1, 0.15) is 5.65 Å². The molecule has 0 radical (unpaired) electrons. The van der Waals surface area contributed by atoms with E-state index in [4.69, 9.17) is 5.11 Å². The van der Waals surface area contributed by atoms with Gasteiger partial charge in [0.25, 0.3) is 6.43 Å². The number of rotatable bonds is 6. The molecular weight excluding hydrogens is 268 g/mol. The highest BCUT2D eigenvalue weighted by molar-refractivity contribution is 5.78. The van der Waals surface area contributed by atoms with Crippen molar-refractivity contribution in [2.75, 3.05) is 19.7 Å². The van der Waals surface area contributed by atoms with Crippen LogP contribution in [0.15, 0.2) is 30.6 Å². The van der Waals surface area contributed by atoms with Crippen molar-refractivity contribution in [2.45, 2.75) is 12.8 Å². The Hall–Kier alpha value is -2.02. The normalized spacial score (nSPS) is 11.2. The predicted molar refractivity (Wildman–Crippen MR) is 68.6 cm³/mol. The van der Waals surface area contributed by atoms with Gasteiger partial charge in [-0.05, 0) is 12.1 Å². The third-order valence-corrected chi connectivity index (χ3v) is 2.83. The first kappa shape index (κ1) is 14.4. The number of hydrogen-bond donors (Lipinski definition) is 1. The molecule has 20 heavy (non-hydrogen) atoms. The quantitative estimate of drug-likeness (QED) is 0.859. The van der Waals surface area contributed by atoms with E-state index in [0.717, 1.165) is 4.90 Å². The van der Waals surface area contributed by atoms with Gasteiger partial charge in [0.05, 0.1) is 25.3 Å². The molecule has 0 fully saturated rings. The molecule has 5 nitrogen and oxygen atoms in total. The minimum absolute atomic E-state index is 0.0611. The average Bonchev–Trinajstić information content (AvgIpc) is 2.79. The third-order valence-electron chi connectivity index (χ3n) is 2.83. The summed E-state index contributed by atoms with van der Waals surface area (Å²) in [6.07, 6.45) is 0.800. The molecule has 2 rings (SSSR count). The smallest absolute Gasteiger partial charge is 0.255 e. The van der Waals surface area contributed by atoms with Gasteiger partial charge in [-0.3, -0.25) is 4.79 Å². The van der Waals surface area contributed by atoms with Crippen molar-refractivity contribution in [3.05, 3.63) is 36.3 Å². The molecule has 1 amide bonds. The van der Waals surface area contributed by atoms with Gasteiger partial charge in [-0.25, -0.2) is 13.8 Å². The first-order chi connectivity index (χ1) is 9.60. The van der Waals surface area contributed by atoms with E-state index in [0.29, 0.717) is 11.3 Å². The summed E-state index contributed by atoms with van der Waals surface area (Å²) in [5.41, 5.74) is 1.20. The van der Waals surface area contributed by atoms with Crippen LogP contribution in [0.1, 0.15) is 5.69 Å². The topological polar surface area (TPSA) is 57.8 Å². The van der Waals surface area contributed by atoms with E-state index in [9.17, 15) is 13.6 Å². The molecule has 0 spiro atoms. The van der Waals surface area contributed by atoms with Crippen molar-refractivity contribution >= 4 is 11.6 Å². The first-order valence-electron chi connectivity index (χ1n) is 6.19. The Bertz CT molecular complexity index is 553. The minimum Gasteiger partial charge on any atom is -0.395 e. The van der Waals surface area contributed by atoms with Crippen LogP contribution in [0.5, 0.6) is 0 Å². The summed E-state index contributed by atoms with van der Waals surface area (Å²) in [4.78, 5) is 17.1. The van der Waals surface area contributed by atoms with Crippen LogP contribution < -0.4 is 0 Å². The Morgan fingerprint density at radius 3 is 2.90 bits per heavy atom. The molecule has 0 unspecified atom stereocenters. The molecular formula is C13H15F2N3O2. The molecule has 1 N–H and O–H groups in total. The summed E-state index contributed by atoms with van der Waals surface area (Å²) in [6, 6.07) is 5.44. The summed E-state index contributed by atoms with van der Waals surface area (Å²) in [5.74, 6) is -0.470. The van der Waals surface area contributed by atoms with Gasteiger partial charge in [0.15, 0.2) is 0 Å². The lowest BCUT2D eigenvalue weighted by atomic mass is 10.3. The van der Waals surface area contributed by atoms with Crippen molar-refractivity contribution in [3.63, 3.8) is 0 Å². The van der Waals surface area contributed by atoms with Crippen LogP contribution in [0.2, 0.25) is 0 Å². The Labute approximate surface area is 114 Å². The number of hydrogen-bond acceptors (Lipinski definition) is 3. The fraction of sp³-hybridized carbons (Fsp3) is 0.385. The number of amides is 1. The van der Waals surface area contributed by atoms with Crippen LogP contribution in [0, 0.1) is 0 Å². The highest BCUT2D eigenvalue weighted by atomic mass is 19.3. The zero-order valence-electron chi connectivity index (χ0n) is 10.7. The van der Waals surface area contributed by atoms with Crippen LogP contribution in [-0.2, 0) is 11.2 Å². The number of aliphatic hydroxyl groups excluding tert-OH is 1. The number of nitrogens with zero attached hydrogens (tertiary/aromatic N) is 3. The number of carbonyl (C=O) groups excluding carboxylic acids is 1. The molecule has 0 saturated carbocycles. The molecule has 0 atom stereocenters. The van der Waals surface area contributed by atoms with Crippen LogP contribution in [0.25, 0.3) is 5.65 Å². The van der Waals surface area contributed by atoms with E-state index in [1.807, 2.05) is 12.1 Å². The summed E-state index contributed by atoms with van der Waals surface area (Å²) in [7, 11) is 0. The van der Waals surface area contributed by atoms with Crippen molar-refractivity contribution < 1.29 is 18.7 Å². The molecule has 108 valence electrons. The van der Waals surface area contributed by atoms with E-state index >= 15 is 0 Å². The van der Waals surface area contributed by atoms with Crippen molar-refractivity contribution in [3.8, 4) is 0 Å². The van der Waals surface area contributed by atoms with Crippen molar-refractivity contribution in [2.24, 2.45) is 0 Å². The summed E-state index contributed by atoms with van der Waals surface area (Å²) in [5, 5.41) is 8.82. The second kappa shape index (κ2) is 6.42. The van der Waals surface area contributed by atoms with Gasteiger partial charge in [0, 0.05) is 18.9 Å². The summed E-state index contributed by atoms with van der Waals surface area (Å²) in [6.45, 7) is -1.12. The van der Waals surface area contributed by atoms with Crippen LogP contribution in [-0.4, -0.2) is 51.4 Å². The Morgan fingerprint density at radius 2 is 2.25 bits per heavy atom. The van der Waals surface area contributed by atoms with Gasteiger partial charge in [-0.2, -0.15) is 0 Å². The van der Waals surface area contributed by atoms with Gasteiger partial charge in [-0.15, -0.1) is 0 Å². The molecule has 2 aromatic rings. The lowest BCUT2D eigenvalue weighted by molar-refractivity contribution is -0.133. The molecule has 0 aliphatic carbocycles. The predicted octanol–water partition coefficient (Wildman–Crippen LogP) is 0.963. The molecule has 0 aliphatic rings. The van der Waals surface area contributed by atoms with Gasteiger partial charge >= 0.3 is 0 Å². The molecule has 0 bridgehead atoms. The number of fused-ring (bicyclic) bond motifs is 1. The summed E-state index contributed by atoms with van der Waals surface area (Å²) < 4.78 is 26.5.